The molecule has 2 rings (SSSR count). The van der Waals surface area contributed by atoms with Crippen molar-refractivity contribution in [3.8, 4) is 0 Å². The number of hydrogen-bond donors (Lipinski definition) is 1. The van der Waals surface area contributed by atoms with Crippen molar-refractivity contribution in [1.29, 1.82) is 0 Å². The van der Waals surface area contributed by atoms with E-state index in [1.807, 2.05) is 30.3 Å². The Kier molecular flexibility index (Phi) is 6.31. The number of hydrogen-bond acceptors (Lipinski definition) is 5. The predicted molar refractivity (Wildman–Crippen MR) is 89.0 cm³/mol. The van der Waals surface area contributed by atoms with Gasteiger partial charge in [0.05, 0.1) is 30.8 Å². The summed E-state index contributed by atoms with van der Waals surface area (Å²) in [6.07, 6.45) is -0.0970. The van der Waals surface area contributed by atoms with Gasteiger partial charge in [0.2, 0.25) is 0 Å². The van der Waals surface area contributed by atoms with E-state index in [1.54, 1.807) is 14.2 Å². The van der Waals surface area contributed by atoms with Crippen LogP contribution in [0.2, 0.25) is 0 Å². The monoisotopic (exact) mass is 318 g/mol. The molecule has 2 aromatic rings. The summed E-state index contributed by atoms with van der Waals surface area (Å²) in [5.41, 5.74) is 2.30. The Morgan fingerprint density at radius 1 is 1.17 bits per heavy atom. The highest BCUT2D eigenvalue weighted by Gasteiger charge is 2.14. The number of carbonyl (C=O) groups is 1. The Labute approximate surface area is 135 Å². The summed E-state index contributed by atoms with van der Waals surface area (Å²) in [4.78, 5) is 17.6. The molecule has 0 spiro atoms. The smallest absolute Gasteiger partial charge is 0.309 e. The van der Waals surface area contributed by atoms with Gasteiger partial charge in [-0.3, -0.25) is 9.78 Å². The lowest BCUT2D eigenvalue weighted by molar-refractivity contribution is -0.136. The lowest BCUT2D eigenvalue weighted by atomic mass is 10.1. The molecule has 1 heterocycles. The van der Waals surface area contributed by atoms with Gasteiger partial charge in [0.25, 0.3) is 0 Å². The molecule has 6 nitrogen and oxygen atoms in total. The van der Waals surface area contributed by atoms with Crippen LogP contribution in [0.5, 0.6) is 0 Å². The van der Waals surface area contributed by atoms with E-state index in [2.05, 4.69) is 9.88 Å². The van der Waals surface area contributed by atoms with Crippen molar-refractivity contribution in [1.82, 2.24) is 4.98 Å². The molecule has 0 saturated heterocycles. The summed E-state index contributed by atoms with van der Waals surface area (Å²) in [5.74, 6) is -0.890. The zero-order valence-corrected chi connectivity index (χ0v) is 13.5. The quantitative estimate of drug-likeness (QED) is 0.762. The topological polar surface area (TPSA) is 71.9 Å². The molecule has 0 aliphatic heterocycles. The first-order chi connectivity index (χ1) is 11.2. The molecule has 6 heteroatoms. The number of methoxy groups -OCH3 is 2. The number of anilines is 1. The van der Waals surface area contributed by atoms with E-state index in [1.165, 1.54) is 0 Å². The van der Waals surface area contributed by atoms with Crippen molar-refractivity contribution in [3.63, 3.8) is 0 Å². The summed E-state index contributed by atoms with van der Waals surface area (Å²) in [6.45, 7) is 2.55. The third kappa shape index (κ3) is 4.64. The molecule has 0 amide bonds. The van der Waals surface area contributed by atoms with Crippen LogP contribution in [0.3, 0.4) is 0 Å². The number of aliphatic carboxylic acids is 1. The second kappa shape index (κ2) is 8.45. The van der Waals surface area contributed by atoms with Gasteiger partial charge < -0.3 is 19.5 Å². The van der Waals surface area contributed by atoms with E-state index < -0.39 is 5.97 Å². The standard InChI is InChI=1S/C17H22N2O4/c1-22-9-7-19(8-10-23-2)16-11-13(12-17(20)21)18-15-6-4-3-5-14(15)16/h3-6,11H,7-10,12H2,1-2H3,(H,20,21). The minimum absolute atomic E-state index is 0.0970. The number of carboxylic acids is 1. The van der Waals surface area contributed by atoms with Crippen LogP contribution in [-0.4, -0.2) is 56.6 Å². The summed E-state index contributed by atoms with van der Waals surface area (Å²) in [7, 11) is 3.32. The fourth-order valence-electron chi connectivity index (χ4n) is 2.47. The number of rotatable bonds is 9. The van der Waals surface area contributed by atoms with Crippen molar-refractivity contribution < 1.29 is 19.4 Å². The highest BCUT2D eigenvalue weighted by molar-refractivity contribution is 5.92. The Hall–Kier alpha value is -2.18. The molecule has 0 atom stereocenters. The Morgan fingerprint density at radius 2 is 1.83 bits per heavy atom. The lowest BCUT2D eigenvalue weighted by Crippen LogP contribution is -2.31. The molecule has 0 aliphatic carbocycles. The Morgan fingerprint density at radius 3 is 2.43 bits per heavy atom. The third-order valence-electron chi connectivity index (χ3n) is 3.55. The Balaban J connectivity index is 2.46. The molecule has 23 heavy (non-hydrogen) atoms. The van der Waals surface area contributed by atoms with Crippen LogP contribution in [-0.2, 0) is 20.7 Å². The SMILES string of the molecule is COCCN(CCOC)c1cc(CC(=O)O)nc2ccccc12. The molecular formula is C17H22N2O4. The van der Waals surface area contributed by atoms with Crippen LogP contribution in [0, 0.1) is 0 Å². The normalized spacial score (nSPS) is 10.9. The number of benzene rings is 1. The average molecular weight is 318 g/mol. The van der Waals surface area contributed by atoms with Gasteiger partial charge in [-0.05, 0) is 12.1 Å². The molecule has 1 N–H and O–H groups in total. The zero-order chi connectivity index (χ0) is 16.7. The zero-order valence-electron chi connectivity index (χ0n) is 13.5. The van der Waals surface area contributed by atoms with Crippen molar-refractivity contribution in [2.24, 2.45) is 0 Å². The fourth-order valence-corrected chi connectivity index (χ4v) is 2.47. The minimum atomic E-state index is -0.890. The largest absolute Gasteiger partial charge is 0.481 e. The number of aromatic nitrogens is 1. The van der Waals surface area contributed by atoms with E-state index in [4.69, 9.17) is 14.6 Å². The van der Waals surface area contributed by atoms with Crippen molar-refractivity contribution in [3.05, 3.63) is 36.0 Å². The van der Waals surface area contributed by atoms with Gasteiger partial charge in [0.1, 0.15) is 0 Å². The second-order valence-electron chi connectivity index (χ2n) is 5.19. The highest BCUT2D eigenvalue weighted by atomic mass is 16.5. The first kappa shape index (κ1) is 17.2. The maximum atomic E-state index is 11.0. The number of carboxylic acid groups (broad SMARTS) is 1. The fraction of sp³-hybridized carbons (Fsp3) is 0.412. The number of ether oxygens (including phenoxy) is 2. The maximum Gasteiger partial charge on any atom is 0.309 e. The minimum Gasteiger partial charge on any atom is -0.481 e. The number of fused-ring (bicyclic) bond motifs is 1. The predicted octanol–water partition coefficient (Wildman–Crippen LogP) is 1.96. The molecular weight excluding hydrogens is 296 g/mol. The molecule has 0 aliphatic rings. The summed E-state index contributed by atoms with van der Waals surface area (Å²) in [5, 5.41) is 10.1. The molecule has 0 radical (unpaired) electrons. The molecule has 0 saturated carbocycles. The van der Waals surface area contributed by atoms with Gasteiger partial charge >= 0.3 is 5.97 Å². The molecule has 0 unspecified atom stereocenters. The van der Waals surface area contributed by atoms with Crippen LogP contribution >= 0.6 is 0 Å². The summed E-state index contributed by atoms with van der Waals surface area (Å²) in [6, 6.07) is 9.60. The van der Waals surface area contributed by atoms with Crippen LogP contribution in [0.1, 0.15) is 5.69 Å². The molecule has 0 fully saturated rings. The number of pyridine rings is 1. The van der Waals surface area contributed by atoms with Gasteiger partial charge in [-0.1, -0.05) is 18.2 Å². The van der Waals surface area contributed by atoms with Gasteiger partial charge in [-0.2, -0.15) is 0 Å². The van der Waals surface area contributed by atoms with Crippen LogP contribution in [0.25, 0.3) is 10.9 Å². The van der Waals surface area contributed by atoms with E-state index >= 15 is 0 Å². The van der Waals surface area contributed by atoms with E-state index in [-0.39, 0.29) is 6.42 Å². The van der Waals surface area contributed by atoms with Gasteiger partial charge in [0, 0.05) is 38.4 Å². The first-order valence-electron chi connectivity index (χ1n) is 7.49. The van der Waals surface area contributed by atoms with Gasteiger partial charge in [-0.15, -0.1) is 0 Å². The Bertz CT molecular complexity index is 652. The average Bonchev–Trinajstić information content (AvgIpc) is 2.54. The molecule has 1 aromatic heterocycles. The van der Waals surface area contributed by atoms with Gasteiger partial charge in [0.15, 0.2) is 0 Å². The van der Waals surface area contributed by atoms with Gasteiger partial charge in [-0.25, -0.2) is 0 Å². The highest BCUT2D eigenvalue weighted by Crippen LogP contribution is 2.27. The lowest BCUT2D eigenvalue weighted by Gasteiger charge is -2.26. The van der Waals surface area contributed by atoms with Crippen molar-refractivity contribution in [2.45, 2.75) is 6.42 Å². The first-order valence-corrected chi connectivity index (χ1v) is 7.49. The molecule has 1 aromatic carbocycles. The summed E-state index contributed by atoms with van der Waals surface area (Å²) < 4.78 is 10.4. The van der Waals surface area contributed by atoms with Crippen LogP contribution in [0.15, 0.2) is 30.3 Å². The molecule has 0 bridgehead atoms. The number of para-hydroxylation sites is 1. The van der Waals surface area contributed by atoms with Crippen molar-refractivity contribution >= 4 is 22.6 Å². The van der Waals surface area contributed by atoms with E-state index in [0.29, 0.717) is 32.0 Å². The summed E-state index contributed by atoms with van der Waals surface area (Å²) >= 11 is 0. The number of nitrogens with zero attached hydrogens (tertiary/aromatic N) is 2. The third-order valence-corrected chi connectivity index (χ3v) is 3.55. The molecule has 124 valence electrons. The van der Waals surface area contributed by atoms with E-state index in [0.717, 1.165) is 16.6 Å². The van der Waals surface area contributed by atoms with Crippen LogP contribution < -0.4 is 4.90 Å². The van der Waals surface area contributed by atoms with E-state index in [9.17, 15) is 4.79 Å². The van der Waals surface area contributed by atoms with Crippen molar-refractivity contribution in [2.75, 3.05) is 45.4 Å². The second-order valence-corrected chi connectivity index (χ2v) is 5.19. The maximum absolute atomic E-state index is 11.0. The van der Waals surface area contributed by atoms with Crippen LogP contribution in [0.4, 0.5) is 5.69 Å².